The summed E-state index contributed by atoms with van der Waals surface area (Å²) in [6, 6.07) is 23.0. The van der Waals surface area contributed by atoms with E-state index in [0.29, 0.717) is 6.54 Å². The molecule has 3 aromatic carbocycles. The number of benzene rings is 3. The molecule has 1 atom stereocenters. The molecule has 0 N–H and O–H groups in total. The van der Waals surface area contributed by atoms with Crippen LogP contribution in [0, 0.1) is 5.82 Å². The van der Waals surface area contributed by atoms with Gasteiger partial charge in [0.25, 0.3) is 0 Å². The summed E-state index contributed by atoms with van der Waals surface area (Å²) >= 11 is 0. The number of nitrogens with zero attached hydrogens (tertiary/aromatic N) is 5. The standard InChI is InChI=1S/C25H24FN5O/c1-32-23-12-8-20(9-13-23)24(30-15-14-19-4-2-3-5-21(19)17-30)25-27-28-29-31(25)16-18-6-10-22(26)11-7-18/h2-13,24H,14-17H2,1H3. The van der Waals surface area contributed by atoms with Crippen molar-refractivity contribution in [2.75, 3.05) is 13.7 Å². The molecule has 0 saturated heterocycles. The zero-order valence-corrected chi connectivity index (χ0v) is 17.9. The minimum atomic E-state index is -0.256. The number of methoxy groups -OCH3 is 1. The average molecular weight is 429 g/mol. The summed E-state index contributed by atoms with van der Waals surface area (Å²) in [6.07, 6.45) is 0.975. The van der Waals surface area contributed by atoms with Crippen molar-refractivity contribution >= 4 is 0 Å². The first-order valence-electron chi connectivity index (χ1n) is 10.7. The van der Waals surface area contributed by atoms with E-state index in [0.717, 1.165) is 42.2 Å². The molecule has 4 aromatic rings. The van der Waals surface area contributed by atoms with E-state index in [-0.39, 0.29) is 11.9 Å². The monoisotopic (exact) mass is 429 g/mol. The van der Waals surface area contributed by atoms with Gasteiger partial charge in [-0.25, -0.2) is 9.07 Å². The molecule has 6 nitrogen and oxygen atoms in total. The van der Waals surface area contributed by atoms with Crippen molar-refractivity contribution in [3.63, 3.8) is 0 Å². The van der Waals surface area contributed by atoms with E-state index in [1.807, 2.05) is 16.8 Å². The number of halogens is 1. The molecule has 1 aliphatic heterocycles. The van der Waals surface area contributed by atoms with Crippen molar-refractivity contribution in [1.29, 1.82) is 0 Å². The molecule has 0 amide bonds. The first-order chi connectivity index (χ1) is 15.7. The second-order valence-corrected chi connectivity index (χ2v) is 7.99. The van der Waals surface area contributed by atoms with Gasteiger partial charge in [0.15, 0.2) is 5.82 Å². The van der Waals surface area contributed by atoms with Crippen molar-refractivity contribution in [2.24, 2.45) is 0 Å². The van der Waals surface area contributed by atoms with E-state index in [1.54, 1.807) is 19.2 Å². The van der Waals surface area contributed by atoms with Crippen molar-refractivity contribution in [3.05, 3.63) is 107 Å². The van der Waals surface area contributed by atoms with Crippen LogP contribution in [0.2, 0.25) is 0 Å². The molecule has 0 aliphatic carbocycles. The zero-order chi connectivity index (χ0) is 21.9. The fraction of sp³-hybridized carbons (Fsp3) is 0.240. The normalized spacial score (nSPS) is 14.7. The molecular weight excluding hydrogens is 405 g/mol. The predicted octanol–water partition coefficient (Wildman–Crippen LogP) is 4.02. The molecule has 162 valence electrons. The number of hydrogen-bond acceptors (Lipinski definition) is 5. The van der Waals surface area contributed by atoms with Crippen molar-refractivity contribution in [1.82, 2.24) is 25.1 Å². The number of aromatic nitrogens is 4. The molecule has 32 heavy (non-hydrogen) atoms. The lowest BCUT2D eigenvalue weighted by atomic mass is 9.96. The Balaban J connectivity index is 1.52. The summed E-state index contributed by atoms with van der Waals surface area (Å²) in [6.45, 7) is 2.19. The SMILES string of the molecule is COc1ccc(C(c2nnnn2Cc2ccc(F)cc2)N2CCc3ccccc3C2)cc1. The van der Waals surface area contributed by atoms with Crippen LogP contribution >= 0.6 is 0 Å². The van der Waals surface area contributed by atoms with Crippen LogP contribution in [-0.2, 0) is 19.5 Å². The van der Waals surface area contributed by atoms with Crippen molar-refractivity contribution in [3.8, 4) is 5.75 Å². The quantitative estimate of drug-likeness (QED) is 0.463. The van der Waals surface area contributed by atoms with E-state index in [9.17, 15) is 4.39 Å². The molecule has 0 radical (unpaired) electrons. The molecule has 2 heterocycles. The van der Waals surface area contributed by atoms with Gasteiger partial charge in [0, 0.05) is 13.1 Å². The van der Waals surface area contributed by atoms with Gasteiger partial charge in [0.2, 0.25) is 0 Å². The molecule has 0 bridgehead atoms. The number of ether oxygens (including phenoxy) is 1. The van der Waals surface area contributed by atoms with Gasteiger partial charge < -0.3 is 4.74 Å². The largest absolute Gasteiger partial charge is 0.497 e. The highest BCUT2D eigenvalue weighted by Crippen LogP contribution is 2.33. The number of tetrazole rings is 1. The zero-order valence-electron chi connectivity index (χ0n) is 17.9. The Labute approximate surface area is 186 Å². The molecular formula is C25H24FN5O. The smallest absolute Gasteiger partial charge is 0.173 e. The van der Waals surface area contributed by atoms with Crippen LogP contribution in [-0.4, -0.2) is 38.8 Å². The second-order valence-electron chi connectivity index (χ2n) is 7.99. The third-order valence-electron chi connectivity index (χ3n) is 6.01. The highest BCUT2D eigenvalue weighted by Gasteiger charge is 2.30. The fourth-order valence-corrected chi connectivity index (χ4v) is 4.33. The Morgan fingerprint density at radius 1 is 0.969 bits per heavy atom. The Kier molecular flexibility index (Phi) is 5.64. The Hall–Kier alpha value is -3.58. The van der Waals surface area contributed by atoms with Gasteiger partial charge in [-0.3, -0.25) is 4.90 Å². The van der Waals surface area contributed by atoms with Gasteiger partial charge in [-0.1, -0.05) is 48.5 Å². The highest BCUT2D eigenvalue weighted by molar-refractivity contribution is 5.34. The van der Waals surface area contributed by atoms with Crippen LogP contribution in [0.1, 0.15) is 34.1 Å². The van der Waals surface area contributed by atoms with E-state index in [4.69, 9.17) is 4.74 Å². The first kappa shape index (κ1) is 20.3. The lowest BCUT2D eigenvalue weighted by Gasteiger charge is -2.35. The van der Waals surface area contributed by atoms with Gasteiger partial charge >= 0.3 is 0 Å². The molecule has 0 fully saturated rings. The lowest BCUT2D eigenvalue weighted by Crippen LogP contribution is -2.36. The first-order valence-corrected chi connectivity index (χ1v) is 10.7. The molecule has 1 aliphatic rings. The van der Waals surface area contributed by atoms with Crippen molar-refractivity contribution < 1.29 is 9.13 Å². The Morgan fingerprint density at radius 2 is 1.72 bits per heavy atom. The molecule has 5 rings (SSSR count). The second kappa shape index (κ2) is 8.88. The van der Waals surface area contributed by atoms with Crippen LogP contribution in [0.15, 0.2) is 72.8 Å². The third-order valence-corrected chi connectivity index (χ3v) is 6.01. The summed E-state index contributed by atoms with van der Waals surface area (Å²) in [5.41, 5.74) is 4.76. The molecule has 1 aromatic heterocycles. The van der Waals surface area contributed by atoms with Crippen molar-refractivity contribution in [2.45, 2.75) is 25.6 Å². The van der Waals surface area contributed by atoms with E-state index >= 15 is 0 Å². The van der Waals surface area contributed by atoms with Gasteiger partial charge in [-0.2, -0.15) is 0 Å². The van der Waals surface area contributed by atoms with E-state index < -0.39 is 0 Å². The number of hydrogen-bond donors (Lipinski definition) is 0. The molecule has 0 spiro atoms. The van der Waals surface area contributed by atoms with Crippen LogP contribution in [0.25, 0.3) is 0 Å². The number of fused-ring (bicyclic) bond motifs is 1. The minimum absolute atomic E-state index is 0.121. The highest BCUT2D eigenvalue weighted by atomic mass is 19.1. The van der Waals surface area contributed by atoms with Crippen LogP contribution < -0.4 is 4.74 Å². The molecule has 7 heteroatoms. The van der Waals surface area contributed by atoms with Gasteiger partial charge in [0.05, 0.1) is 19.7 Å². The maximum atomic E-state index is 13.4. The molecule has 0 saturated carbocycles. The van der Waals surface area contributed by atoms with Crippen LogP contribution in [0.4, 0.5) is 4.39 Å². The van der Waals surface area contributed by atoms with E-state index in [1.165, 1.54) is 23.3 Å². The summed E-state index contributed by atoms with van der Waals surface area (Å²) < 4.78 is 20.5. The van der Waals surface area contributed by atoms with Gasteiger partial charge in [-0.15, -0.1) is 5.10 Å². The lowest BCUT2D eigenvalue weighted by molar-refractivity contribution is 0.195. The average Bonchev–Trinajstić information content (AvgIpc) is 3.28. The Morgan fingerprint density at radius 3 is 2.47 bits per heavy atom. The van der Waals surface area contributed by atoms with E-state index in [2.05, 4.69) is 56.8 Å². The van der Waals surface area contributed by atoms with Gasteiger partial charge in [-0.05, 0) is 63.4 Å². The van der Waals surface area contributed by atoms with Crippen LogP contribution in [0.5, 0.6) is 5.75 Å². The summed E-state index contributed by atoms with van der Waals surface area (Å²) in [5, 5.41) is 12.7. The Bertz CT molecular complexity index is 1190. The predicted molar refractivity (Wildman–Crippen MR) is 119 cm³/mol. The molecule has 1 unspecified atom stereocenters. The topological polar surface area (TPSA) is 56.1 Å². The van der Waals surface area contributed by atoms with Gasteiger partial charge in [0.1, 0.15) is 11.6 Å². The summed E-state index contributed by atoms with van der Waals surface area (Å²) in [7, 11) is 1.66. The van der Waals surface area contributed by atoms with Crippen LogP contribution in [0.3, 0.4) is 0 Å². The maximum Gasteiger partial charge on any atom is 0.173 e. The minimum Gasteiger partial charge on any atom is -0.497 e. The fourth-order valence-electron chi connectivity index (χ4n) is 4.33. The summed E-state index contributed by atoms with van der Waals surface area (Å²) in [5.74, 6) is 1.31. The summed E-state index contributed by atoms with van der Waals surface area (Å²) in [4.78, 5) is 2.41. The maximum absolute atomic E-state index is 13.4. The number of rotatable bonds is 6. The third kappa shape index (κ3) is 4.11.